The number of aromatic nitrogens is 1. The Balaban J connectivity index is 1.97. The second-order valence-electron chi connectivity index (χ2n) is 4.74. The lowest BCUT2D eigenvalue weighted by molar-refractivity contribution is -0.119. The van der Waals surface area contributed by atoms with E-state index in [4.69, 9.17) is 11.6 Å². The molecule has 0 fully saturated rings. The van der Waals surface area contributed by atoms with Gasteiger partial charge in [0.05, 0.1) is 12.2 Å². The smallest absolute Gasteiger partial charge is 0.227 e. The fourth-order valence-corrected chi connectivity index (χ4v) is 2.60. The van der Waals surface area contributed by atoms with Crippen LogP contribution in [0, 0.1) is 5.82 Å². The summed E-state index contributed by atoms with van der Waals surface area (Å²) < 4.78 is 13.4. The van der Waals surface area contributed by atoms with Crippen molar-refractivity contribution in [3.63, 3.8) is 0 Å². The zero-order valence-electron chi connectivity index (χ0n) is 10.6. The maximum Gasteiger partial charge on any atom is 0.227 e. The number of pyridine rings is 1. The average molecular weight is 291 g/mol. The van der Waals surface area contributed by atoms with Crippen LogP contribution in [0.15, 0.2) is 36.5 Å². The SMILES string of the molecule is O=C1CCc2ccc(F)cc2N1Cc1ccnc(Cl)c1. The fraction of sp³-hybridized carbons (Fsp3) is 0.200. The number of hydrogen-bond acceptors (Lipinski definition) is 2. The van der Waals surface area contributed by atoms with E-state index in [9.17, 15) is 9.18 Å². The minimum atomic E-state index is -0.337. The number of carbonyl (C=O) groups excluding carboxylic acids is 1. The summed E-state index contributed by atoms with van der Waals surface area (Å²) in [4.78, 5) is 17.6. The quantitative estimate of drug-likeness (QED) is 0.795. The van der Waals surface area contributed by atoms with Gasteiger partial charge in [0.1, 0.15) is 11.0 Å². The number of anilines is 1. The van der Waals surface area contributed by atoms with Gasteiger partial charge in [-0.3, -0.25) is 4.79 Å². The number of halogens is 2. The average Bonchev–Trinajstić information content (AvgIpc) is 2.42. The third-order valence-electron chi connectivity index (χ3n) is 3.38. The summed E-state index contributed by atoms with van der Waals surface area (Å²) in [6.07, 6.45) is 2.69. The van der Waals surface area contributed by atoms with Crippen LogP contribution in [0.1, 0.15) is 17.5 Å². The highest BCUT2D eigenvalue weighted by atomic mass is 35.5. The molecule has 102 valence electrons. The van der Waals surface area contributed by atoms with Crippen molar-refractivity contribution in [2.45, 2.75) is 19.4 Å². The molecule has 1 aliphatic heterocycles. The molecule has 0 saturated carbocycles. The van der Waals surface area contributed by atoms with Gasteiger partial charge < -0.3 is 4.90 Å². The van der Waals surface area contributed by atoms with Crippen LogP contribution in [0.2, 0.25) is 5.15 Å². The Morgan fingerprint density at radius 1 is 1.25 bits per heavy atom. The second-order valence-corrected chi connectivity index (χ2v) is 5.13. The van der Waals surface area contributed by atoms with Crippen LogP contribution >= 0.6 is 11.6 Å². The Hall–Kier alpha value is -1.94. The molecule has 5 heteroatoms. The van der Waals surface area contributed by atoms with Gasteiger partial charge in [0.25, 0.3) is 0 Å². The standard InChI is InChI=1S/C15H12ClFN2O/c16-14-7-10(5-6-18-14)9-19-13-8-12(17)3-1-11(13)2-4-15(19)20/h1,3,5-8H,2,4,9H2. The van der Waals surface area contributed by atoms with Gasteiger partial charge in [-0.05, 0) is 41.8 Å². The maximum absolute atomic E-state index is 13.4. The molecule has 0 spiro atoms. The Labute approximate surface area is 121 Å². The van der Waals surface area contributed by atoms with E-state index in [1.807, 2.05) is 0 Å². The highest BCUT2D eigenvalue weighted by molar-refractivity contribution is 6.29. The summed E-state index contributed by atoms with van der Waals surface area (Å²) in [5.74, 6) is -0.341. The van der Waals surface area contributed by atoms with Crippen molar-refractivity contribution in [3.8, 4) is 0 Å². The molecule has 20 heavy (non-hydrogen) atoms. The predicted octanol–water partition coefficient (Wildman–Crippen LogP) is 3.35. The highest BCUT2D eigenvalue weighted by Crippen LogP contribution is 2.30. The van der Waals surface area contributed by atoms with Crippen LogP contribution in [0.25, 0.3) is 0 Å². The minimum Gasteiger partial charge on any atom is -0.308 e. The molecule has 0 unspecified atom stereocenters. The Kier molecular flexibility index (Phi) is 3.40. The van der Waals surface area contributed by atoms with E-state index < -0.39 is 0 Å². The van der Waals surface area contributed by atoms with Crippen LogP contribution < -0.4 is 4.90 Å². The number of nitrogens with zero attached hydrogens (tertiary/aromatic N) is 2. The van der Waals surface area contributed by atoms with Gasteiger partial charge in [0.2, 0.25) is 5.91 Å². The lowest BCUT2D eigenvalue weighted by atomic mass is 10.0. The molecule has 2 aromatic rings. The van der Waals surface area contributed by atoms with E-state index in [0.29, 0.717) is 30.2 Å². The molecule has 2 heterocycles. The van der Waals surface area contributed by atoms with Crippen molar-refractivity contribution in [2.24, 2.45) is 0 Å². The van der Waals surface area contributed by atoms with Gasteiger partial charge in [0, 0.05) is 12.6 Å². The van der Waals surface area contributed by atoms with Crippen LogP contribution in [-0.2, 0) is 17.8 Å². The first kappa shape index (κ1) is 13.1. The first-order chi connectivity index (χ1) is 9.63. The number of fused-ring (bicyclic) bond motifs is 1. The largest absolute Gasteiger partial charge is 0.308 e. The third-order valence-corrected chi connectivity index (χ3v) is 3.59. The second kappa shape index (κ2) is 5.21. The lowest BCUT2D eigenvalue weighted by Crippen LogP contribution is -2.34. The Morgan fingerprint density at radius 3 is 2.90 bits per heavy atom. The lowest BCUT2D eigenvalue weighted by Gasteiger charge is -2.29. The number of aryl methyl sites for hydroxylation is 1. The summed E-state index contributed by atoms with van der Waals surface area (Å²) in [7, 11) is 0. The summed E-state index contributed by atoms with van der Waals surface area (Å²) in [6, 6.07) is 8.09. The molecule has 0 aliphatic carbocycles. The van der Waals surface area contributed by atoms with E-state index in [1.165, 1.54) is 12.1 Å². The Morgan fingerprint density at radius 2 is 2.10 bits per heavy atom. The van der Waals surface area contributed by atoms with Crippen LogP contribution in [0.3, 0.4) is 0 Å². The topological polar surface area (TPSA) is 33.2 Å². The van der Waals surface area contributed by atoms with E-state index in [2.05, 4.69) is 4.98 Å². The summed E-state index contributed by atoms with van der Waals surface area (Å²) >= 11 is 5.85. The molecule has 0 N–H and O–H groups in total. The molecule has 1 aromatic heterocycles. The molecule has 3 nitrogen and oxygen atoms in total. The number of rotatable bonds is 2. The molecule has 1 aromatic carbocycles. The van der Waals surface area contributed by atoms with Gasteiger partial charge >= 0.3 is 0 Å². The van der Waals surface area contributed by atoms with Crippen LogP contribution in [0.5, 0.6) is 0 Å². The number of benzene rings is 1. The van der Waals surface area contributed by atoms with Gasteiger partial charge in [-0.25, -0.2) is 9.37 Å². The summed E-state index contributed by atoms with van der Waals surface area (Å²) in [5, 5.41) is 0.381. The van der Waals surface area contributed by atoms with Crippen molar-refractivity contribution < 1.29 is 9.18 Å². The maximum atomic E-state index is 13.4. The molecular weight excluding hydrogens is 279 g/mol. The minimum absolute atomic E-state index is 0.00367. The molecule has 3 rings (SSSR count). The van der Waals surface area contributed by atoms with Crippen LogP contribution in [0.4, 0.5) is 10.1 Å². The van der Waals surface area contributed by atoms with Crippen molar-refractivity contribution >= 4 is 23.2 Å². The van der Waals surface area contributed by atoms with Gasteiger partial charge in [-0.1, -0.05) is 17.7 Å². The monoisotopic (exact) mass is 290 g/mol. The Bertz CT molecular complexity index is 675. The molecule has 1 aliphatic rings. The zero-order chi connectivity index (χ0) is 14.1. The predicted molar refractivity (Wildman–Crippen MR) is 75.2 cm³/mol. The van der Waals surface area contributed by atoms with Crippen molar-refractivity contribution in [2.75, 3.05) is 4.90 Å². The molecule has 0 atom stereocenters. The van der Waals surface area contributed by atoms with Gasteiger partial charge in [-0.15, -0.1) is 0 Å². The van der Waals surface area contributed by atoms with E-state index in [1.54, 1.807) is 29.3 Å². The van der Waals surface area contributed by atoms with E-state index >= 15 is 0 Å². The normalized spacial score (nSPS) is 14.3. The number of carbonyl (C=O) groups is 1. The van der Waals surface area contributed by atoms with Gasteiger partial charge in [-0.2, -0.15) is 0 Å². The van der Waals surface area contributed by atoms with E-state index in [-0.39, 0.29) is 11.7 Å². The summed E-state index contributed by atoms with van der Waals surface area (Å²) in [5.41, 5.74) is 2.51. The zero-order valence-corrected chi connectivity index (χ0v) is 11.4. The molecular formula is C15H12ClFN2O. The fourth-order valence-electron chi connectivity index (χ4n) is 2.41. The van der Waals surface area contributed by atoms with Gasteiger partial charge in [0.15, 0.2) is 0 Å². The van der Waals surface area contributed by atoms with Crippen LogP contribution in [-0.4, -0.2) is 10.9 Å². The van der Waals surface area contributed by atoms with Crippen molar-refractivity contribution in [1.29, 1.82) is 0 Å². The highest BCUT2D eigenvalue weighted by Gasteiger charge is 2.24. The molecule has 0 radical (unpaired) electrons. The van der Waals surface area contributed by atoms with E-state index in [0.717, 1.165) is 11.1 Å². The third kappa shape index (κ3) is 2.51. The first-order valence-electron chi connectivity index (χ1n) is 6.33. The summed E-state index contributed by atoms with van der Waals surface area (Å²) in [6.45, 7) is 0.373. The number of hydrogen-bond donors (Lipinski definition) is 0. The van der Waals surface area contributed by atoms with Crippen molar-refractivity contribution in [1.82, 2.24) is 4.98 Å². The first-order valence-corrected chi connectivity index (χ1v) is 6.70. The van der Waals surface area contributed by atoms with Crippen molar-refractivity contribution in [3.05, 3.63) is 58.6 Å². The number of amides is 1. The molecule has 1 amide bonds. The molecule has 0 saturated heterocycles. The molecule has 0 bridgehead atoms.